The van der Waals surface area contributed by atoms with Crippen LogP contribution >= 0.6 is 39.1 Å². The molecule has 0 aliphatic heterocycles. The number of hydrazone groups is 1. The molecule has 0 spiro atoms. The van der Waals surface area contributed by atoms with Crippen LogP contribution in [0, 0.1) is 0 Å². The maximum absolute atomic E-state index is 11.8. The number of rotatable bonds is 8. The van der Waals surface area contributed by atoms with E-state index in [1.807, 2.05) is 18.2 Å². The number of hydrogen-bond acceptors (Lipinski definition) is 3. The maximum atomic E-state index is 11.8. The second-order valence-corrected chi connectivity index (χ2v) is 7.21. The number of ether oxygens (including phenoxy) is 1. The average Bonchev–Trinajstić information content (AvgIpc) is 2.62. The van der Waals surface area contributed by atoms with Gasteiger partial charge in [-0.3, -0.25) is 4.79 Å². The number of benzene rings is 2. The van der Waals surface area contributed by atoms with E-state index in [2.05, 4.69) is 33.4 Å². The first kappa shape index (κ1) is 20.7. The van der Waals surface area contributed by atoms with E-state index in [0.717, 1.165) is 22.2 Å². The Morgan fingerprint density at radius 3 is 2.73 bits per heavy atom. The van der Waals surface area contributed by atoms with E-state index in [1.54, 1.807) is 18.2 Å². The molecule has 2 rings (SSSR count). The molecular weight excluding hydrogens is 439 g/mol. The highest BCUT2D eigenvalue weighted by Gasteiger charge is 2.04. The van der Waals surface area contributed by atoms with Gasteiger partial charge in [-0.15, -0.1) is 0 Å². The molecule has 0 aliphatic rings. The van der Waals surface area contributed by atoms with Gasteiger partial charge in [-0.1, -0.05) is 42.3 Å². The summed E-state index contributed by atoms with van der Waals surface area (Å²) in [5, 5.41) is 4.83. The minimum atomic E-state index is -0.176. The molecule has 0 unspecified atom stereocenters. The Kier molecular flexibility index (Phi) is 8.42. The molecule has 138 valence electrons. The van der Waals surface area contributed by atoms with Crippen LogP contribution in [0.3, 0.4) is 0 Å². The predicted molar refractivity (Wildman–Crippen MR) is 110 cm³/mol. The summed E-state index contributed by atoms with van der Waals surface area (Å²) in [6.45, 7) is 2.55. The van der Waals surface area contributed by atoms with Crippen molar-refractivity contribution in [3.8, 4) is 5.75 Å². The molecule has 7 heteroatoms. The molecule has 4 nitrogen and oxygen atoms in total. The van der Waals surface area contributed by atoms with Crippen LogP contribution in [0.5, 0.6) is 5.75 Å². The first-order chi connectivity index (χ1) is 12.5. The van der Waals surface area contributed by atoms with Crippen LogP contribution in [0.1, 0.15) is 30.9 Å². The molecule has 1 amide bonds. The summed E-state index contributed by atoms with van der Waals surface area (Å²) in [4.78, 5) is 11.8. The third-order valence-corrected chi connectivity index (χ3v) is 4.92. The molecule has 0 heterocycles. The Morgan fingerprint density at radius 1 is 1.23 bits per heavy atom. The number of amides is 1. The topological polar surface area (TPSA) is 50.7 Å². The van der Waals surface area contributed by atoms with Gasteiger partial charge in [-0.2, -0.15) is 5.10 Å². The first-order valence-electron chi connectivity index (χ1n) is 8.17. The minimum Gasteiger partial charge on any atom is -0.492 e. The van der Waals surface area contributed by atoms with Crippen molar-refractivity contribution in [1.82, 2.24) is 5.43 Å². The third kappa shape index (κ3) is 6.63. The van der Waals surface area contributed by atoms with Gasteiger partial charge in [-0.25, -0.2) is 5.43 Å². The zero-order valence-electron chi connectivity index (χ0n) is 14.3. The quantitative estimate of drug-likeness (QED) is 0.317. The van der Waals surface area contributed by atoms with Crippen LogP contribution in [0.15, 0.2) is 46.0 Å². The van der Waals surface area contributed by atoms with Crippen molar-refractivity contribution in [1.29, 1.82) is 0 Å². The highest BCUT2D eigenvalue weighted by molar-refractivity contribution is 9.10. The normalized spacial score (nSPS) is 10.9. The molecule has 0 saturated heterocycles. The van der Waals surface area contributed by atoms with Gasteiger partial charge in [0.1, 0.15) is 5.75 Å². The first-order valence-corrected chi connectivity index (χ1v) is 9.72. The largest absolute Gasteiger partial charge is 0.492 e. The second-order valence-electron chi connectivity index (χ2n) is 5.54. The van der Waals surface area contributed by atoms with Crippen molar-refractivity contribution in [2.24, 2.45) is 5.10 Å². The van der Waals surface area contributed by atoms with Gasteiger partial charge in [0.25, 0.3) is 0 Å². The van der Waals surface area contributed by atoms with Crippen LogP contribution in [-0.4, -0.2) is 18.7 Å². The fraction of sp³-hybridized carbons (Fsp3) is 0.263. The molecule has 0 fully saturated rings. The molecule has 26 heavy (non-hydrogen) atoms. The number of carbonyl (C=O) groups excluding carboxylic acids is 1. The lowest BCUT2D eigenvalue weighted by molar-refractivity contribution is -0.121. The zero-order chi connectivity index (χ0) is 18.9. The van der Waals surface area contributed by atoms with Crippen molar-refractivity contribution in [2.75, 3.05) is 6.61 Å². The number of carbonyl (C=O) groups is 1. The van der Waals surface area contributed by atoms with Crippen molar-refractivity contribution in [2.45, 2.75) is 26.2 Å². The van der Waals surface area contributed by atoms with Crippen molar-refractivity contribution >= 4 is 51.3 Å². The highest BCUT2D eigenvalue weighted by Crippen LogP contribution is 2.26. The molecule has 0 aliphatic carbocycles. The van der Waals surface area contributed by atoms with Gasteiger partial charge in [0.05, 0.1) is 27.3 Å². The number of nitrogens with one attached hydrogen (secondary N) is 1. The van der Waals surface area contributed by atoms with E-state index in [1.165, 1.54) is 11.8 Å². The standard InChI is InChI=1S/C19H19BrCl2N2O2/c1-2-13-6-8-18(15(20)10-13)26-9-3-4-19(25)24-23-12-14-5-7-16(21)17(22)11-14/h5-8,10-12H,2-4,9H2,1H3,(H,24,25)/b23-12+. The number of hydrogen-bond donors (Lipinski definition) is 1. The van der Waals surface area contributed by atoms with Gasteiger partial charge in [0, 0.05) is 6.42 Å². The molecule has 2 aromatic carbocycles. The summed E-state index contributed by atoms with van der Waals surface area (Å²) in [5.41, 5.74) is 4.47. The molecule has 0 saturated carbocycles. The average molecular weight is 458 g/mol. The molecule has 0 radical (unpaired) electrons. The van der Waals surface area contributed by atoms with Crippen molar-refractivity contribution < 1.29 is 9.53 Å². The van der Waals surface area contributed by atoms with Crippen LogP contribution in [0.25, 0.3) is 0 Å². The van der Waals surface area contributed by atoms with Gasteiger partial charge in [-0.05, 0) is 64.2 Å². The van der Waals surface area contributed by atoms with E-state index in [4.69, 9.17) is 27.9 Å². The smallest absolute Gasteiger partial charge is 0.240 e. The van der Waals surface area contributed by atoms with E-state index in [0.29, 0.717) is 29.5 Å². The van der Waals surface area contributed by atoms with Crippen LogP contribution in [0.2, 0.25) is 10.0 Å². The van der Waals surface area contributed by atoms with Crippen LogP contribution < -0.4 is 10.2 Å². The van der Waals surface area contributed by atoms with Gasteiger partial charge >= 0.3 is 0 Å². The van der Waals surface area contributed by atoms with Gasteiger partial charge in [0.2, 0.25) is 5.91 Å². The lowest BCUT2D eigenvalue weighted by Gasteiger charge is -2.09. The Bertz CT molecular complexity index is 797. The Balaban J connectivity index is 1.70. The van der Waals surface area contributed by atoms with E-state index in [9.17, 15) is 4.79 Å². The highest BCUT2D eigenvalue weighted by atomic mass is 79.9. The SMILES string of the molecule is CCc1ccc(OCCCC(=O)N/N=C/c2ccc(Cl)c(Cl)c2)c(Br)c1. The summed E-state index contributed by atoms with van der Waals surface area (Å²) in [5.74, 6) is 0.602. The molecule has 2 aromatic rings. The van der Waals surface area contributed by atoms with Crippen LogP contribution in [-0.2, 0) is 11.2 Å². The summed E-state index contributed by atoms with van der Waals surface area (Å²) >= 11 is 15.3. The van der Waals surface area contributed by atoms with Gasteiger partial charge in [0.15, 0.2) is 0 Å². The molecule has 0 aromatic heterocycles. The predicted octanol–water partition coefficient (Wildman–Crippen LogP) is 5.63. The van der Waals surface area contributed by atoms with Crippen LogP contribution in [0.4, 0.5) is 0 Å². The molecule has 0 atom stereocenters. The summed E-state index contributed by atoms with van der Waals surface area (Å²) < 4.78 is 6.62. The molecule has 0 bridgehead atoms. The van der Waals surface area contributed by atoms with E-state index >= 15 is 0 Å². The number of aryl methyl sites for hydroxylation is 1. The molecular formula is C19H19BrCl2N2O2. The summed E-state index contributed by atoms with van der Waals surface area (Å²) in [7, 11) is 0. The Morgan fingerprint density at radius 2 is 2.04 bits per heavy atom. The monoisotopic (exact) mass is 456 g/mol. The second kappa shape index (κ2) is 10.6. The third-order valence-electron chi connectivity index (χ3n) is 3.56. The van der Waals surface area contributed by atoms with Crippen molar-refractivity contribution in [3.05, 3.63) is 62.0 Å². The number of halogens is 3. The fourth-order valence-electron chi connectivity index (χ4n) is 2.12. The van der Waals surface area contributed by atoms with Gasteiger partial charge < -0.3 is 4.74 Å². The zero-order valence-corrected chi connectivity index (χ0v) is 17.4. The molecule has 1 N–H and O–H groups in total. The number of nitrogens with zero attached hydrogens (tertiary/aromatic N) is 1. The summed E-state index contributed by atoms with van der Waals surface area (Å²) in [6.07, 6.45) is 3.41. The Hall–Kier alpha value is -1.56. The lowest BCUT2D eigenvalue weighted by atomic mass is 10.2. The minimum absolute atomic E-state index is 0.176. The van der Waals surface area contributed by atoms with E-state index < -0.39 is 0 Å². The lowest BCUT2D eigenvalue weighted by Crippen LogP contribution is -2.18. The fourth-order valence-corrected chi connectivity index (χ4v) is 2.97. The maximum Gasteiger partial charge on any atom is 0.240 e. The van der Waals surface area contributed by atoms with Crippen molar-refractivity contribution in [3.63, 3.8) is 0 Å². The van der Waals surface area contributed by atoms with E-state index in [-0.39, 0.29) is 5.91 Å². The summed E-state index contributed by atoms with van der Waals surface area (Å²) in [6, 6.07) is 11.1. The Labute approximate surface area is 171 Å².